The van der Waals surface area contributed by atoms with Crippen LogP contribution in [0.1, 0.15) is 95.4 Å². The van der Waals surface area contributed by atoms with E-state index in [9.17, 15) is 19.2 Å². The number of amides is 4. The van der Waals surface area contributed by atoms with E-state index in [0.717, 1.165) is 28.1 Å². The molecular weight excluding hydrogens is 753 g/mol. The molecule has 4 heterocycles. The van der Waals surface area contributed by atoms with Crippen molar-refractivity contribution in [3.8, 4) is 0 Å². The van der Waals surface area contributed by atoms with Gasteiger partial charge < -0.3 is 22.5 Å². The van der Waals surface area contributed by atoms with Crippen molar-refractivity contribution in [1.82, 2.24) is 45.0 Å². The Hall–Kier alpha value is -7.37. The number of carbonyl (C=O) groups is 4. The van der Waals surface area contributed by atoms with Gasteiger partial charge in [0.25, 0.3) is 17.7 Å². The lowest BCUT2D eigenvalue weighted by Crippen LogP contribution is -2.30. The van der Waals surface area contributed by atoms with Gasteiger partial charge >= 0.3 is 0 Å². The van der Waals surface area contributed by atoms with Crippen molar-refractivity contribution in [2.24, 2.45) is 27.3 Å². The molecule has 7 N–H and O–H groups in total. The fourth-order valence-corrected chi connectivity index (χ4v) is 5.50. The van der Waals surface area contributed by atoms with Crippen molar-refractivity contribution in [2.75, 3.05) is 11.1 Å². The zero-order valence-electron chi connectivity index (χ0n) is 33.8. The minimum Gasteiger partial charge on any atom is -0.382 e. The molecule has 0 aliphatic carbocycles. The number of hydrogen-bond donors (Lipinski definition) is 4. The van der Waals surface area contributed by atoms with E-state index in [1.807, 2.05) is 95.7 Å². The summed E-state index contributed by atoms with van der Waals surface area (Å²) in [4.78, 5) is 50.8. The molecule has 59 heavy (non-hydrogen) atoms. The number of nitrogens with two attached hydrogens (primary N) is 3. The molecule has 0 atom stereocenters. The van der Waals surface area contributed by atoms with Gasteiger partial charge in [-0.2, -0.15) is 0 Å². The highest BCUT2D eigenvalue weighted by atomic mass is 16.2. The van der Waals surface area contributed by atoms with Gasteiger partial charge in [-0.05, 0) is 16.7 Å². The molecule has 7 rings (SSSR count). The first-order valence-corrected chi connectivity index (χ1v) is 18.6. The van der Waals surface area contributed by atoms with Gasteiger partial charge in [-0.25, -0.2) is 19.0 Å². The van der Waals surface area contributed by atoms with Crippen molar-refractivity contribution in [1.29, 1.82) is 0 Å². The molecule has 0 unspecified atom stereocenters. The molecule has 3 aromatic carbocycles. The molecule has 1 aliphatic heterocycles. The first-order valence-electron chi connectivity index (χ1n) is 18.6. The Kier molecular flexibility index (Phi) is 13.2. The number of nitrogens with one attached hydrogen (secondary N) is 1. The number of nitrogen functional groups attached to an aromatic ring is 1. The maximum absolute atomic E-state index is 12.2. The molecule has 0 saturated carbocycles. The molecule has 0 radical (unpaired) electrons. The first-order chi connectivity index (χ1) is 27.9. The summed E-state index contributed by atoms with van der Waals surface area (Å²) in [6.45, 7) is 13.0. The fraction of sp³-hybridized carbons (Fsp3) is 0.293. The Morgan fingerprint density at radius 1 is 0.644 bits per heavy atom. The molecule has 0 bridgehead atoms. The summed E-state index contributed by atoms with van der Waals surface area (Å²) in [7, 11) is 0. The van der Waals surface area contributed by atoms with Crippen molar-refractivity contribution < 1.29 is 19.2 Å². The van der Waals surface area contributed by atoms with Gasteiger partial charge in [-0.15, -0.1) is 15.3 Å². The minimum absolute atomic E-state index is 0.0101. The molecule has 0 fully saturated rings. The van der Waals surface area contributed by atoms with Gasteiger partial charge in [0.05, 0.1) is 25.3 Å². The molecule has 306 valence electrons. The molecule has 0 spiro atoms. The quantitative estimate of drug-likeness (QED) is 0.163. The van der Waals surface area contributed by atoms with Crippen LogP contribution in [-0.4, -0.2) is 74.3 Å². The zero-order valence-corrected chi connectivity index (χ0v) is 33.8. The molecule has 18 heteroatoms. The zero-order chi connectivity index (χ0) is 42.9. The van der Waals surface area contributed by atoms with Crippen LogP contribution in [0.4, 0.5) is 11.6 Å². The van der Waals surface area contributed by atoms with Gasteiger partial charge in [-0.1, -0.05) is 148 Å². The molecule has 4 amide bonds. The Labute approximate surface area is 340 Å². The average molecular weight is 801 g/mol. The lowest BCUT2D eigenvalue weighted by atomic mass is 9.85. The second-order valence-electron chi connectivity index (χ2n) is 15.6. The van der Waals surface area contributed by atoms with E-state index in [-0.39, 0.29) is 40.3 Å². The molecule has 1 aliphatic rings. The Morgan fingerprint density at radius 3 is 1.54 bits per heavy atom. The van der Waals surface area contributed by atoms with Gasteiger partial charge in [0.15, 0.2) is 28.7 Å². The summed E-state index contributed by atoms with van der Waals surface area (Å²) in [6, 6.07) is 29.2. The van der Waals surface area contributed by atoms with Gasteiger partial charge in [0.1, 0.15) is 0 Å². The molecule has 18 nitrogen and oxygen atoms in total. The number of benzene rings is 3. The van der Waals surface area contributed by atoms with E-state index in [1.165, 1.54) is 9.36 Å². The Morgan fingerprint density at radius 2 is 1.08 bits per heavy atom. The van der Waals surface area contributed by atoms with Crippen LogP contribution in [0, 0.1) is 10.8 Å². The molecule has 6 aromatic rings. The van der Waals surface area contributed by atoms with Crippen molar-refractivity contribution in [3.05, 3.63) is 130 Å². The topological polar surface area (TPSA) is 263 Å². The molecule has 3 aromatic heterocycles. The van der Waals surface area contributed by atoms with E-state index in [1.54, 1.807) is 20.8 Å². The monoisotopic (exact) mass is 800 g/mol. The standard InChI is InChI=1S/C16H18N4O.C15H19N5O2.C10H11N5O/c1-16(2,3)13-9-12-14(15(21)17-13)18-19-20(12)10-11-7-5-4-6-8-11;1-15(2,3)14(22)17-13-11(12(16)21)18-19-20(13)9-10-7-5-4-6-8-10;11-9-8(10(12)16)13-14-15(9)6-7-4-2-1-3-5-7/h4-8H,9-10H2,1-3H3;4-8H,9H2,1-3H3,(H2,16,21)(H,17,22);1-5H,6,11H2,(H2,12,16). The third-order valence-corrected chi connectivity index (χ3v) is 8.89. The summed E-state index contributed by atoms with van der Waals surface area (Å²) in [5, 5.41) is 25.9. The number of carbonyl (C=O) groups excluding carboxylic acids is 4. The fourth-order valence-electron chi connectivity index (χ4n) is 5.50. The number of anilines is 2. The number of nitrogens with zero attached hydrogens (tertiary/aromatic N) is 10. The lowest BCUT2D eigenvalue weighted by Gasteiger charge is -2.24. The van der Waals surface area contributed by atoms with Crippen LogP contribution in [0.3, 0.4) is 0 Å². The Balaban J connectivity index is 0.000000170. The largest absolute Gasteiger partial charge is 0.382 e. The van der Waals surface area contributed by atoms with E-state index in [2.05, 4.69) is 62.0 Å². The average Bonchev–Trinajstić information content (AvgIpc) is 3.90. The number of rotatable bonds is 9. The van der Waals surface area contributed by atoms with E-state index in [0.29, 0.717) is 31.7 Å². The number of hydrogen-bond acceptors (Lipinski definition) is 11. The van der Waals surface area contributed by atoms with E-state index >= 15 is 0 Å². The number of fused-ring (bicyclic) bond motifs is 1. The SMILES string of the molecule is CC(C)(C)C(=O)Nc1c(C(N)=O)nnn1Cc1ccccc1.CC(C)(C)C1=NC(=O)c2nnn(Cc3ccccc3)c2C1.NC(=O)c1nnn(Cc2ccccc2)c1N. The predicted octanol–water partition coefficient (Wildman–Crippen LogP) is 3.93. The highest BCUT2D eigenvalue weighted by Crippen LogP contribution is 2.25. The second-order valence-corrected chi connectivity index (χ2v) is 15.6. The highest BCUT2D eigenvalue weighted by molar-refractivity contribution is 6.09. The van der Waals surface area contributed by atoms with Crippen LogP contribution in [0.25, 0.3) is 0 Å². The van der Waals surface area contributed by atoms with Crippen LogP contribution in [0.5, 0.6) is 0 Å². The van der Waals surface area contributed by atoms with Gasteiger partial charge in [0.2, 0.25) is 5.91 Å². The lowest BCUT2D eigenvalue weighted by molar-refractivity contribution is -0.123. The van der Waals surface area contributed by atoms with Crippen molar-refractivity contribution in [2.45, 2.75) is 67.6 Å². The molecule has 0 saturated heterocycles. The van der Waals surface area contributed by atoms with Crippen LogP contribution in [0.15, 0.2) is 96.0 Å². The second kappa shape index (κ2) is 18.3. The van der Waals surface area contributed by atoms with Crippen LogP contribution < -0.4 is 22.5 Å². The smallest absolute Gasteiger partial charge is 0.299 e. The summed E-state index contributed by atoms with van der Waals surface area (Å²) in [6.07, 6.45) is 0.629. The number of aromatic nitrogens is 9. The Bertz CT molecular complexity index is 2440. The van der Waals surface area contributed by atoms with Gasteiger partial charge in [0, 0.05) is 23.0 Å². The van der Waals surface area contributed by atoms with E-state index in [4.69, 9.17) is 17.2 Å². The van der Waals surface area contributed by atoms with E-state index < -0.39 is 17.2 Å². The maximum Gasteiger partial charge on any atom is 0.299 e. The predicted molar refractivity (Wildman–Crippen MR) is 221 cm³/mol. The summed E-state index contributed by atoms with van der Waals surface area (Å²) < 4.78 is 4.71. The number of primary amides is 2. The summed E-state index contributed by atoms with van der Waals surface area (Å²) in [5.41, 5.74) is 20.6. The normalized spacial score (nSPS) is 12.2. The van der Waals surface area contributed by atoms with Crippen LogP contribution in [0.2, 0.25) is 0 Å². The summed E-state index contributed by atoms with van der Waals surface area (Å²) >= 11 is 0. The molecular formula is C41H48N14O4. The van der Waals surface area contributed by atoms with Crippen LogP contribution in [-0.2, 0) is 30.8 Å². The highest BCUT2D eigenvalue weighted by Gasteiger charge is 2.31. The van der Waals surface area contributed by atoms with Crippen molar-refractivity contribution >= 4 is 41.0 Å². The van der Waals surface area contributed by atoms with Crippen LogP contribution >= 0.6 is 0 Å². The third-order valence-electron chi connectivity index (χ3n) is 8.89. The maximum atomic E-state index is 12.2. The third kappa shape index (κ3) is 11.1. The van der Waals surface area contributed by atoms with Crippen molar-refractivity contribution in [3.63, 3.8) is 0 Å². The first kappa shape index (κ1) is 42.8. The van der Waals surface area contributed by atoms with Gasteiger partial charge in [-0.3, -0.25) is 19.2 Å². The minimum atomic E-state index is -0.733. The summed E-state index contributed by atoms with van der Waals surface area (Å²) in [5.74, 6) is -1.51. The number of aliphatic imine (C=N–C) groups is 1.